The van der Waals surface area contributed by atoms with Crippen LogP contribution in [-0.2, 0) is 16.2 Å². The molecule has 1 unspecified atom stereocenters. The Morgan fingerprint density at radius 2 is 2.10 bits per heavy atom. The number of nitrogens with one attached hydrogen (secondary N) is 1. The zero-order valence-corrected chi connectivity index (χ0v) is 16.6. The van der Waals surface area contributed by atoms with Crippen LogP contribution in [0.4, 0.5) is 0 Å². The average Bonchev–Trinajstić information content (AvgIpc) is 3.25. The topological polar surface area (TPSA) is 113 Å². The second kappa shape index (κ2) is 10.1. The first-order valence-corrected chi connectivity index (χ1v) is 9.80. The molecule has 1 aromatic carbocycles. The predicted molar refractivity (Wildman–Crippen MR) is 109 cm³/mol. The molecular weight excluding hydrogens is 372 g/mol. The molecule has 2 heterocycles. The van der Waals surface area contributed by atoms with Crippen molar-refractivity contribution in [1.29, 1.82) is 0 Å². The third-order valence-electron chi connectivity index (χ3n) is 4.95. The van der Waals surface area contributed by atoms with Gasteiger partial charge in [0, 0.05) is 25.2 Å². The Balaban J connectivity index is 1.53. The van der Waals surface area contributed by atoms with Gasteiger partial charge in [0.1, 0.15) is 5.76 Å². The normalized spacial score (nSPS) is 17.1. The molecule has 4 N–H and O–H groups in total. The van der Waals surface area contributed by atoms with Gasteiger partial charge in [-0.2, -0.15) is 0 Å². The number of aliphatic hydroxyl groups is 1. The Hall–Kier alpha value is -2.84. The van der Waals surface area contributed by atoms with Crippen molar-refractivity contribution in [2.24, 2.45) is 10.9 Å². The lowest BCUT2D eigenvalue weighted by atomic mass is 10.0. The van der Waals surface area contributed by atoms with Crippen molar-refractivity contribution < 1.29 is 19.2 Å². The molecule has 0 bridgehead atoms. The van der Waals surface area contributed by atoms with E-state index in [9.17, 15) is 9.90 Å². The van der Waals surface area contributed by atoms with Crippen LogP contribution in [0.15, 0.2) is 52.2 Å². The van der Waals surface area contributed by atoms with Crippen LogP contribution in [0.2, 0.25) is 0 Å². The number of furan rings is 1. The summed E-state index contributed by atoms with van der Waals surface area (Å²) in [6, 6.07) is 11.0. The lowest BCUT2D eigenvalue weighted by molar-refractivity contribution is -0.126. The minimum absolute atomic E-state index is 0.205. The second-order valence-corrected chi connectivity index (χ2v) is 7.22. The quantitative estimate of drug-likeness (QED) is 0.353. The molecule has 0 aliphatic carbocycles. The molecule has 1 aliphatic rings. The molecule has 1 aliphatic heterocycles. The maximum Gasteiger partial charge on any atom is 0.261 e. The first-order valence-electron chi connectivity index (χ1n) is 9.80. The number of amidine groups is 1. The number of nitrogens with zero attached hydrogens (tertiary/aromatic N) is 2. The van der Waals surface area contributed by atoms with Crippen LogP contribution in [0.25, 0.3) is 0 Å². The molecule has 8 heteroatoms. The first kappa shape index (κ1) is 20.9. The molecule has 8 nitrogen and oxygen atoms in total. The minimum Gasteiger partial charge on any atom is -0.467 e. The molecular formula is C21H28N4O4. The number of aliphatic hydroxyl groups excluding tert-OH is 1. The van der Waals surface area contributed by atoms with Gasteiger partial charge in [0.2, 0.25) is 0 Å². The number of amides is 1. The Morgan fingerprint density at radius 3 is 2.83 bits per heavy atom. The number of rotatable bonds is 8. The van der Waals surface area contributed by atoms with Crippen LogP contribution in [0.3, 0.4) is 0 Å². The molecule has 3 rings (SSSR count). The third kappa shape index (κ3) is 6.07. The summed E-state index contributed by atoms with van der Waals surface area (Å²) in [6.45, 7) is 4.00. The van der Waals surface area contributed by atoms with E-state index in [0.29, 0.717) is 5.76 Å². The molecule has 0 radical (unpaired) electrons. The van der Waals surface area contributed by atoms with E-state index in [4.69, 9.17) is 15.0 Å². The molecule has 1 atom stereocenters. The number of oxime groups is 1. The van der Waals surface area contributed by atoms with Gasteiger partial charge in [-0.25, -0.2) is 0 Å². The lowest BCUT2D eigenvalue weighted by Crippen LogP contribution is -2.35. The number of nitrogens with two attached hydrogens (primary N) is 1. The highest BCUT2D eigenvalue weighted by Crippen LogP contribution is 2.17. The number of hydrogen-bond acceptors (Lipinski definition) is 6. The summed E-state index contributed by atoms with van der Waals surface area (Å²) in [6.07, 6.45) is 2.91. The number of hydrogen-bond donors (Lipinski definition) is 3. The van der Waals surface area contributed by atoms with E-state index in [0.717, 1.165) is 43.6 Å². The van der Waals surface area contributed by atoms with E-state index >= 15 is 0 Å². The SMILES string of the molecule is CC(NC(=O)CON=C(N)c1ccccc1CN1CCC(O)CC1)c1ccco1. The van der Waals surface area contributed by atoms with Gasteiger partial charge >= 0.3 is 0 Å². The van der Waals surface area contributed by atoms with Gasteiger partial charge < -0.3 is 25.4 Å². The number of benzene rings is 1. The highest BCUT2D eigenvalue weighted by Gasteiger charge is 2.18. The zero-order chi connectivity index (χ0) is 20.6. The highest BCUT2D eigenvalue weighted by molar-refractivity contribution is 5.98. The summed E-state index contributed by atoms with van der Waals surface area (Å²) in [7, 11) is 0. The van der Waals surface area contributed by atoms with Crippen molar-refractivity contribution >= 4 is 11.7 Å². The van der Waals surface area contributed by atoms with Crippen molar-refractivity contribution in [2.45, 2.75) is 38.5 Å². The molecule has 0 spiro atoms. The summed E-state index contributed by atoms with van der Waals surface area (Å²) in [5, 5.41) is 16.4. The van der Waals surface area contributed by atoms with Crippen molar-refractivity contribution in [3.63, 3.8) is 0 Å². The van der Waals surface area contributed by atoms with Gasteiger partial charge in [0.05, 0.1) is 18.4 Å². The smallest absolute Gasteiger partial charge is 0.261 e. The van der Waals surface area contributed by atoms with Crippen molar-refractivity contribution in [2.75, 3.05) is 19.7 Å². The molecule has 2 aromatic rings. The third-order valence-corrected chi connectivity index (χ3v) is 4.95. The van der Waals surface area contributed by atoms with Gasteiger partial charge in [0.15, 0.2) is 12.4 Å². The monoisotopic (exact) mass is 400 g/mol. The van der Waals surface area contributed by atoms with Crippen molar-refractivity contribution in [3.8, 4) is 0 Å². The highest BCUT2D eigenvalue weighted by atomic mass is 16.6. The number of piperidine rings is 1. The summed E-state index contributed by atoms with van der Waals surface area (Å²) < 4.78 is 5.26. The van der Waals surface area contributed by atoms with E-state index in [1.54, 1.807) is 18.4 Å². The van der Waals surface area contributed by atoms with E-state index in [1.165, 1.54) is 0 Å². The van der Waals surface area contributed by atoms with Gasteiger partial charge in [-0.3, -0.25) is 9.69 Å². The first-order chi connectivity index (χ1) is 14.0. The number of carbonyl (C=O) groups is 1. The Bertz CT molecular complexity index is 814. The fourth-order valence-corrected chi connectivity index (χ4v) is 3.33. The predicted octanol–water partition coefficient (Wildman–Crippen LogP) is 1.75. The fourth-order valence-electron chi connectivity index (χ4n) is 3.33. The maximum atomic E-state index is 12.0. The van der Waals surface area contributed by atoms with Crippen LogP contribution >= 0.6 is 0 Å². The number of carbonyl (C=O) groups excluding carboxylic acids is 1. The van der Waals surface area contributed by atoms with Crippen molar-refractivity contribution in [3.05, 3.63) is 59.5 Å². The molecule has 1 fully saturated rings. The van der Waals surface area contributed by atoms with Crippen molar-refractivity contribution in [1.82, 2.24) is 10.2 Å². The average molecular weight is 400 g/mol. The van der Waals surface area contributed by atoms with Gasteiger partial charge in [0.25, 0.3) is 5.91 Å². The molecule has 1 saturated heterocycles. The van der Waals surface area contributed by atoms with Crippen LogP contribution in [0.1, 0.15) is 42.7 Å². The van der Waals surface area contributed by atoms with Crippen LogP contribution in [0.5, 0.6) is 0 Å². The Kier molecular flexibility index (Phi) is 7.26. The van der Waals surface area contributed by atoms with E-state index in [1.807, 2.05) is 31.2 Å². The molecule has 0 saturated carbocycles. The van der Waals surface area contributed by atoms with E-state index < -0.39 is 0 Å². The molecule has 1 aromatic heterocycles. The second-order valence-electron chi connectivity index (χ2n) is 7.22. The number of likely N-dealkylation sites (tertiary alicyclic amines) is 1. The van der Waals surface area contributed by atoms with E-state index in [2.05, 4.69) is 15.4 Å². The minimum atomic E-state index is -0.314. The van der Waals surface area contributed by atoms with Gasteiger partial charge in [-0.1, -0.05) is 29.4 Å². The summed E-state index contributed by atoms with van der Waals surface area (Å²) >= 11 is 0. The fraction of sp³-hybridized carbons (Fsp3) is 0.429. The zero-order valence-electron chi connectivity index (χ0n) is 16.6. The molecule has 156 valence electrons. The molecule has 29 heavy (non-hydrogen) atoms. The van der Waals surface area contributed by atoms with Crippen LogP contribution < -0.4 is 11.1 Å². The van der Waals surface area contributed by atoms with Gasteiger partial charge in [-0.05, 0) is 37.5 Å². The summed E-state index contributed by atoms with van der Waals surface area (Å²) in [5.74, 6) is 0.579. The molecule has 1 amide bonds. The standard InChI is InChI=1S/C21H28N4O4/c1-15(19-7-4-12-28-19)23-20(27)14-29-24-21(22)18-6-3-2-5-16(18)13-25-10-8-17(26)9-11-25/h2-7,12,15,17,26H,8-11,13-14H2,1H3,(H2,22,24)(H,23,27). The van der Waals surface area contributed by atoms with Gasteiger partial charge in [-0.15, -0.1) is 0 Å². The largest absolute Gasteiger partial charge is 0.467 e. The van der Waals surface area contributed by atoms with Crippen LogP contribution in [-0.4, -0.2) is 47.5 Å². The maximum absolute atomic E-state index is 12.0. The summed E-state index contributed by atoms with van der Waals surface area (Å²) in [4.78, 5) is 19.5. The summed E-state index contributed by atoms with van der Waals surface area (Å²) in [5.41, 5.74) is 7.92. The lowest BCUT2D eigenvalue weighted by Gasteiger charge is -2.30. The Morgan fingerprint density at radius 1 is 1.34 bits per heavy atom. The van der Waals surface area contributed by atoms with Crippen LogP contribution in [0, 0.1) is 0 Å². The Labute approximate surface area is 170 Å². The van der Waals surface area contributed by atoms with E-state index in [-0.39, 0.29) is 30.5 Å².